The monoisotopic (exact) mass is 368 g/mol. The van der Waals surface area contributed by atoms with Crippen LogP contribution in [0.2, 0.25) is 5.02 Å². The van der Waals surface area contributed by atoms with Crippen LogP contribution in [-0.4, -0.2) is 23.2 Å². The summed E-state index contributed by atoms with van der Waals surface area (Å²) in [5.41, 5.74) is 1.92. The van der Waals surface area contributed by atoms with E-state index in [9.17, 15) is 4.79 Å². The third-order valence-electron chi connectivity index (χ3n) is 3.65. The van der Waals surface area contributed by atoms with Crippen molar-refractivity contribution in [2.24, 2.45) is 0 Å². The molecule has 0 aliphatic rings. The first-order valence-electron chi connectivity index (χ1n) is 7.92. The summed E-state index contributed by atoms with van der Waals surface area (Å²) in [5.74, 6) is 0.981. The van der Waals surface area contributed by atoms with E-state index in [0.29, 0.717) is 17.4 Å². The summed E-state index contributed by atoms with van der Waals surface area (Å²) in [6.07, 6.45) is 0. The highest BCUT2D eigenvalue weighted by atomic mass is 35.5. The van der Waals surface area contributed by atoms with E-state index in [4.69, 9.17) is 16.3 Å². The molecule has 26 heavy (non-hydrogen) atoms. The minimum Gasteiger partial charge on any atom is -0.497 e. The molecule has 0 fully saturated rings. The van der Waals surface area contributed by atoms with Gasteiger partial charge in [0.1, 0.15) is 5.75 Å². The third-order valence-corrected chi connectivity index (χ3v) is 3.98. The van der Waals surface area contributed by atoms with Crippen molar-refractivity contribution < 1.29 is 9.53 Å². The van der Waals surface area contributed by atoms with Crippen LogP contribution < -0.4 is 15.4 Å². The van der Waals surface area contributed by atoms with Gasteiger partial charge in [0.05, 0.1) is 17.8 Å². The maximum Gasteiger partial charge on any atom is 0.272 e. The van der Waals surface area contributed by atoms with Crippen LogP contribution in [0.1, 0.15) is 16.1 Å². The van der Waals surface area contributed by atoms with Crippen molar-refractivity contribution in [3.8, 4) is 5.75 Å². The first kappa shape index (κ1) is 17.7. The second-order valence-corrected chi connectivity index (χ2v) is 5.85. The van der Waals surface area contributed by atoms with Gasteiger partial charge >= 0.3 is 0 Å². The smallest absolute Gasteiger partial charge is 0.272 e. The number of nitrogens with zero attached hydrogens (tertiary/aromatic N) is 2. The number of anilines is 2. The quantitative estimate of drug-likeness (QED) is 0.691. The molecule has 0 saturated heterocycles. The lowest BCUT2D eigenvalue weighted by Crippen LogP contribution is -2.24. The van der Waals surface area contributed by atoms with Crippen molar-refractivity contribution in [3.63, 3.8) is 0 Å². The number of hydrogen-bond donors (Lipinski definition) is 2. The Balaban J connectivity index is 1.58. The molecule has 1 heterocycles. The van der Waals surface area contributed by atoms with Crippen LogP contribution in [0.3, 0.4) is 0 Å². The predicted molar refractivity (Wildman–Crippen MR) is 101 cm³/mol. The van der Waals surface area contributed by atoms with Gasteiger partial charge in [-0.15, -0.1) is 10.2 Å². The number of hydrogen-bond acceptors (Lipinski definition) is 5. The van der Waals surface area contributed by atoms with Crippen LogP contribution >= 0.6 is 11.6 Å². The molecule has 0 bridgehead atoms. The Morgan fingerprint density at radius 3 is 2.46 bits per heavy atom. The fraction of sp³-hybridized carbons (Fsp3) is 0.105. The zero-order chi connectivity index (χ0) is 18.4. The minimum atomic E-state index is -0.294. The molecule has 0 spiro atoms. The molecule has 132 valence electrons. The fourth-order valence-electron chi connectivity index (χ4n) is 2.24. The Kier molecular flexibility index (Phi) is 5.66. The van der Waals surface area contributed by atoms with Gasteiger partial charge in [-0.3, -0.25) is 4.79 Å². The lowest BCUT2D eigenvalue weighted by Gasteiger charge is -2.08. The molecule has 0 unspecified atom stereocenters. The van der Waals surface area contributed by atoms with E-state index in [2.05, 4.69) is 20.8 Å². The van der Waals surface area contributed by atoms with Gasteiger partial charge in [0.2, 0.25) is 0 Å². The molecule has 2 aromatic carbocycles. The highest BCUT2D eigenvalue weighted by molar-refractivity contribution is 6.33. The molecule has 0 radical (unpaired) electrons. The molecule has 3 rings (SSSR count). The summed E-state index contributed by atoms with van der Waals surface area (Å²) < 4.78 is 5.11. The number of methoxy groups -OCH3 is 1. The fourth-order valence-corrected chi connectivity index (χ4v) is 2.42. The van der Waals surface area contributed by atoms with Crippen LogP contribution in [0.5, 0.6) is 5.75 Å². The highest BCUT2D eigenvalue weighted by Gasteiger charge is 2.09. The van der Waals surface area contributed by atoms with E-state index < -0.39 is 0 Å². The number of benzene rings is 2. The maximum absolute atomic E-state index is 12.2. The van der Waals surface area contributed by atoms with E-state index in [1.807, 2.05) is 42.5 Å². The number of halogens is 1. The molecular formula is C19H17ClN4O2. The number of aromatic nitrogens is 2. The van der Waals surface area contributed by atoms with Crippen LogP contribution in [0.25, 0.3) is 0 Å². The predicted octanol–water partition coefficient (Wildman–Crippen LogP) is 3.81. The first-order valence-corrected chi connectivity index (χ1v) is 8.30. The molecule has 6 nitrogen and oxygen atoms in total. The molecule has 0 aliphatic carbocycles. The van der Waals surface area contributed by atoms with Crippen molar-refractivity contribution in [1.82, 2.24) is 15.5 Å². The number of ether oxygens (including phenoxy) is 1. The second-order valence-electron chi connectivity index (χ2n) is 5.44. The van der Waals surface area contributed by atoms with Crippen LogP contribution in [0.15, 0.2) is 60.7 Å². The Hall–Kier alpha value is -3.12. The largest absolute Gasteiger partial charge is 0.497 e. The van der Waals surface area contributed by atoms with E-state index in [1.165, 1.54) is 0 Å². The van der Waals surface area contributed by atoms with E-state index in [1.54, 1.807) is 25.3 Å². The Morgan fingerprint density at radius 1 is 1.04 bits per heavy atom. The number of para-hydroxylation sites is 1. The van der Waals surface area contributed by atoms with Crippen LogP contribution in [0.4, 0.5) is 11.5 Å². The van der Waals surface area contributed by atoms with Crippen molar-refractivity contribution in [1.29, 1.82) is 0 Å². The van der Waals surface area contributed by atoms with Crippen molar-refractivity contribution in [2.75, 3.05) is 12.4 Å². The summed E-state index contributed by atoms with van der Waals surface area (Å²) in [6.45, 7) is 0.393. The molecule has 0 atom stereocenters. The van der Waals surface area contributed by atoms with Gasteiger partial charge in [-0.1, -0.05) is 35.9 Å². The number of rotatable bonds is 6. The van der Waals surface area contributed by atoms with Crippen molar-refractivity contribution in [2.45, 2.75) is 6.54 Å². The van der Waals surface area contributed by atoms with E-state index in [-0.39, 0.29) is 11.6 Å². The summed E-state index contributed by atoms with van der Waals surface area (Å²) in [6, 6.07) is 18.1. The maximum atomic E-state index is 12.2. The topological polar surface area (TPSA) is 76.1 Å². The summed E-state index contributed by atoms with van der Waals surface area (Å²) >= 11 is 6.09. The lowest BCUT2D eigenvalue weighted by atomic mass is 10.2. The zero-order valence-electron chi connectivity index (χ0n) is 14.1. The van der Waals surface area contributed by atoms with Crippen LogP contribution in [0, 0.1) is 0 Å². The Morgan fingerprint density at radius 2 is 1.81 bits per heavy atom. The molecule has 0 saturated carbocycles. The average molecular weight is 369 g/mol. The number of carbonyl (C=O) groups is 1. The summed E-state index contributed by atoms with van der Waals surface area (Å²) in [7, 11) is 1.61. The van der Waals surface area contributed by atoms with Gasteiger partial charge in [0.15, 0.2) is 11.5 Å². The number of carbonyl (C=O) groups excluding carboxylic acids is 1. The summed E-state index contributed by atoms with van der Waals surface area (Å²) in [4.78, 5) is 12.2. The first-order chi connectivity index (χ1) is 12.7. The SMILES string of the molecule is COc1ccc(CNC(=O)c2ccc(Nc3ccccc3Cl)nn2)cc1. The molecule has 3 aromatic rings. The van der Waals surface area contributed by atoms with Crippen LogP contribution in [-0.2, 0) is 6.54 Å². The van der Waals surface area contributed by atoms with E-state index in [0.717, 1.165) is 17.0 Å². The van der Waals surface area contributed by atoms with E-state index >= 15 is 0 Å². The Bertz CT molecular complexity index is 883. The van der Waals surface area contributed by atoms with Gasteiger partial charge in [-0.05, 0) is 42.0 Å². The lowest BCUT2D eigenvalue weighted by molar-refractivity contribution is 0.0945. The number of nitrogens with one attached hydrogen (secondary N) is 2. The molecule has 2 N–H and O–H groups in total. The second kappa shape index (κ2) is 8.31. The van der Waals surface area contributed by atoms with Crippen molar-refractivity contribution in [3.05, 3.63) is 76.9 Å². The molecule has 1 aromatic heterocycles. The standard InChI is InChI=1S/C19H17ClN4O2/c1-26-14-8-6-13(7-9-14)12-21-19(25)17-10-11-18(24-23-17)22-16-5-3-2-4-15(16)20/h2-11H,12H2,1H3,(H,21,25)(H,22,24). The van der Waals surface area contributed by atoms with Gasteiger partial charge in [-0.2, -0.15) is 0 Å². The minimum absolute atomic E-state index is 0.239. The molecular weight excluding hydrogens is 352 g/mol. The summed E-state index contributed by atoms with van der Waals surface area (Å²) in [5, 5.41) is 14.4. The molecule has 7 heteroatoms. The van der Waals surface area contributed by atoms with Gasteiger partial charge in [0.25, 0.3) is 5.91 Å². The van der Waals surface area contributed by atoms with Gasteiger partial charge < -0.3 is 15.4 Å². The zero-order valence-corrected chi connectivity index (χ0v) is 14.8. The highest BCUT2D eigenvalue weighted by Crippen LogP contribution is 2.23. The molecule has 1 amide bonds. The normalized spacial score (nSPS) is 10.2. The van der Waals surface area contributed by atoms with Gasteiger partial charge in [0, 0.05) is 6.54 Å². The molecule has 0 aliphatic heterocycles. The number of amides is 1. The van der Waals surface area contributed by atoms with Crippen molar-refractivity contribution >= 4 is 29.0 Å². The average Bonchev–Trinajstić information content (AvgIpc) is 2.69. The Labute approximate surface area is 156 Å². The third kappa shape index (κ3) is 4.49. The van der Waals surface area contributed by atoms with Gasteiger partial charge in [-0.25, -0.2) is 0 Å².